The molecule has 4 fully saturated rings. The number of fused-ring (bicyclic) bond motifs is 1. The molecule has 0 amide bonds. The molecule has 2 unspecified atom stereocenters. The van der Waals surface area contributed by atoms with Gasteiger partial charge >= 0.3 is 11.2 Å². The van der Waals surface area contributed by atoms with Crippen LogP contribution in [-0.2, 0) is 31.0 Å². The average Bonchev–Trinajstić information content (AvgIpc) is 2.64. The fraction of sp³-hybridized carbons (Fsp3) is 0.632. The molecule has 1 aromatic carbocycles. The largest absolute Gasteiger partial charge is 0.743 e. The SMILES string of the molecule is O=C(OC12CC3CC(C1)C1(OCc4c(I)cccc4O1)C(C3)C2)C(F)(F)S(=O)(=O)[O-]. The van der Waals surface area contributed by atoms with Gasteiger partial charge in [-0.3, -0.25) is 0 Å². The summed E-state index contributed by atoms with van der Waals surface area (Å²) in [7, 11) is -6.16. The van der Waals surface area contributed by atoms with Gasteiger partial charge in [-0.1, -0.05) is 6.07 Å². The lowest BCUT2D eigenvalue weighted by molar-refractivity contribution is -0.337. The normalized spacial score (nSPS) is 37.0. The Balaban J connectivity index is 1.43. The van der Waals surface area contributed by atoms with Crippen LogP contribution in [0.3, 0.4) is 0 Å². The summed E-state index contributed by atoms with van der Waals surface area (Å²) in [4.78, 5) is 12.0. The zero-order valence-corrected chi connectivity index (χ0v) is 18.6. The molecule has 6 rings (SSSR count). The first kappa shape index (κ1) is 20.8. The molecule has 1 heterocycles. The summed E-state index contributed by atoms with van der Waals surface area (Å²) in [5, 5.41) is -5.11. The maximum absolute atomic E-state index is 13.7. The highest BCUT2D eigenvalue weighted by molar-refractivity contribution is 14.1. The van der Waals surface area contributed by atoms with Crippen LogP contribution in [0.4, 0.5) is 8.78 Å². The third-order valence-electron chi connectivity index (χ3n) is 6.92. The van der Waals surface area contributed by atoms with Crippen LogP contribution in [0.25, 0.3) is 0 Å². The van der Waals surface area contributed by atoms with Crippen molar-refractivity contribution in [2.45, 2.75) is 55.4 Å². The van der Waals surface area contributed by atoms with Gasteiger partial charge in [0.2, 0.25) is 5.79 Å². The maximum atomic E-state index is 13.7. The molecule has 4 bridgehead atoms. The summed E-state index contributed by atoms with van der Waals surface area (Å²) in [6.45, 7) is 0.366. The van der Waals surface area contributed by atoms with Crippen molar-refractivity contribution in [1.29, 1.82) is 0 Å². The first-order chi connectivity index (χ1) is 14.0. The Labute approximate surface area is 185 Å². The highest BCUT2D eigenvalue weighted by Crippen LogP contribution is 2.63. The molecule has 30 heavy (non-hydrogen) atoms. The molecule has 164 valence electrons. The van der Waals surface area contributed by atoms with E-state index in [1.165, 1.54) is 0 Å². The lowest BCUT2D eigenvalue weighted by Gasteiger charge is -2.63. The number of rotatable bonds is 3. The van der Waals surface area contributed by atoms with Gasteiger partial charge in [0.25, 0.3) is 0 Å². The predicted molar refractivity (Wildman–Crippen MR) is 104 cm³/mol. The minimum atomic E-state index is -6.16. The Morgan fingerprint density at radius 2 is 1.90 bits per heavy atom. The van der Waals surface area contributed by atoms with Crippen LogP contribution in [0.15, 0.2) is 18.2 Å². The van der Waals surface area contributed by atoms with E-state index >= 15 is 0 Å². The molecule has 2 atom stereocenters. The van der Waals surface area contributed by atoms with Crippen LogP contribution in [0.2, 0.25) is 0 Å². The van der Waals surface area contributed by atoms with Gasteiger partial charge in [-0.05, 0) is 72.7 Å². The highest BCUT2D eigenvalue weighted by Gasteiger charge is 2.68. The standard InChI is InChI=1S/C19H19F2IO7S/c20-19(21,30(24,25)26)16(23)29-17-6-10-4-11(7-17)18(12(5-10)8-17)27-9-13-14(22)2-1-3-15(13)28-18/h1-3,10-12H,4-9H2,(H,24,25,26)/p-1. The molecule has 0 saturated heterocycles. The number of hydrogen-bond acceptors (Lipinski definition) is 7. The molecule has 0 N–H and O–H groups in total. The van der Waals surface area contributed by atoms with Gasteiger partial charge in [-0.25, -0.2) is 13.2 Å². The lowest BCUT2D eigenvalue weighted by Crippen LogP contribution is -2.68. The Morgan fingerprint density at radius 3 is 2.53 bits per heavy atom. The highest BCUT2D eigenvalue weighted by atomic mass is 127. The van der Waals surface area contributed by atoms with Crippen molar-refractivity contribution >= 4 is 38.7 Å². The number of carbonyl (C=O) groups excluding carboxylic acids is 1. The van der Waals surface area contributed by atoms with Gasteiger partial charge in [-0.2, -0.15) is 8.78 Å². The minimum absolute atomic E-state index is 0.128. The molecule has 0 radical (unpaired) electrons. The van der Waals surface area contributed by atoms with E-state index in [-0.39, 0.29) is 30.6 Å². The van der Waals surface area contributed by atoms with Crippen molar-refractivity contribution in [3.8, 4) is 5.75 Å². The number of ether oxygens (including phenoxy) is 3. The third-order valence-corrected chi connectivity index (χ3v) is 8.72. The van der Waals surface area contributed by atoms with Crippen LogP contribution in [0.5, 0.6) is 5.75 Å². The smallest absolute Gasteiger partial charge is 0.428 e. The molecule has 1 aliphatic heterocycles. The molecule has 11 heteroatoms. The molecule has 4 saturated carbocycles. The van der Waals surface area contributed by atoms with E-state index in [1.54, 1.807) is 0 Å². The number of halogens is 3. The Morgan fingerprint density at radius 1 is 1.23 bits per heavy atom. The second-order valence-corrected chi connectivity index (χ2v) is 11.3. The summed E-state index contributed by atoms with van der Waals surface area (Å²) < 4.78 is 78.7. The number of esters is 1. The van der Waals surface area contributed by atoms with Gasteiger partial charge in [0.05, 0.1) is 6.61 Å². The van der Waals surface area contributed by atoms with Crippen molar-refractivity contribution in [2.24, 2.45) is 17.8 Å². The van der Waals surface area contributed by atoms with E-state index in [0.29, 0.717) is 13.0 Å². The fourth-order valence-electron chi connectivity index (χ4n) is 5.90. The molecule has 1 aromatic rings. The molecule has 4 aliphatic carbocycles. The second kappa shape index (κ2) is 6.48. The lowest BCUT2D eigenvalue weighted by atomic mass is 9.51. The Hall–Kier alpha value is -1.05. The summed E-state index contributed by atoms with van der Waals surface area (Å²) in [5.74, 6) is -2.74. The number of alkyl halides is 2. The van der Waals surface area contributed by atoms with E-state index in [4.69, 9.17) is 14.2 Å². The molecule has 1 spiro atoms. The Bertz CT molecular complexity index is 1010. The third kappa shape index (κ3) is 2.91. The van der Waals surface area contributed by atoms with Crippen LogP contribution >= 0.6 is 22.6 Å². The topological polar surface area (TPSA) is 102 Å². The summed E-state index contributed by atoms with van der Waals surface area (Å²) in [6, 6.07) is 5.73. The van der Waals surface area contributed by atoms with Gasteiger partial charge in [-0.15, -0.1) is 0 Å². The van der Waals surface area contributed by atoms with Crippen molar-refractivity contribution in [3.63, 3.8) is 0 Å². The number of carbonyl (C=O) groups is 1. The van der Waals surface area contributed by atoms with Crippen LogP contribution in [-0.4, -0.2) is 35.6 Å². The van der Waals surface area contributed by atoms with E-state index in [1.807, 2.05) is 18.2 Å². The minimum Gasteiger partial charge on any atom is -0.743 e. The first-order valence-electron chi connectivity index (χ1n) is 9.63. The Kier molecular flexibility index (Phi) is 4.50. The molecular weight excluding hydrogens is 537 g/mol. The predicted octanol–water partition coefficient (Wildman–Crippen LogP) is 3.16. The molecule has 5 aliphatic rings. The van der Waals surface area contributed by atoms with Gasteiger partial charge in [0.15, 0.2) is 10.1 Å². The molecule has 7 nitrogen and oxygen atoms in total. The van der Waals surface area contributed by atoms with E-state index in [9.17, 15) is 26.5 Å². The van der Waals surface area contributed by atoms with Gasteiger partial charge in [0, 0.05) is 21.0 Å². The van der Waals surface area contributed by atoms with E-state index in [0.717, 1.165) is 27.7 Å². The zero-order valence-electron chi connectivity index (χ0n) is 15.6. The van der Waals surface area contributed by atoms with Crippen molar-refractivity contribution in [3.05, 3.63) is 27.3 Å². The number of hydrogen-bond donors (Lipinski definition) is 0. The maximum Gasteiger partial charge on any atom is 0.428 e. The van der Waals surface area contributed by atoms with Crippen LogP contribution < -0.4 is 4.74 Å². The second-order valence-electron chi connectivity index (χ2n) is 8.72. The van der Waals surface area contributed by atoms with Crippen molar-refractivity contribution in [2.75, 3.05) is 0 Å². The van der Waals surface area contributed by atoms with Gasteiger partial charge in [0.1, 0.15) is 11.4 Å². The molecular formula is C19H18F2IO7S-. The first-order valence-corrected chi connectivity index (χ1v) is 12.1. The summed E-state index contributed by atoms with van der Waals surface area (Å²) in [5.41, 5.74) is -0.274. The quantitative estimate of drug-likeness (QED) is 0.321. The van der Waals surface area contributed by atoms with Gasteiger partial charge < -0.3 is 18.8 Å². The number of benzene rings is 1. The monoisotopic (exact) mass is 555 g/mol. The fourth-order valence-corrected chi connectivity index (χ4v) is 6.78. The molecule has 0 aromatic heterocycles. The van der Waals surface area contributed by atoms with E-state index in [2.05, 4.69) is 22.6 Å². The van der Waals surface area contributed by atoms with Crippen LogP contribution in [0.1, 0.15) is 37.7 Å². The van der Waals surface area contributed by atoms with Crippen LogP contribution in [0, 0.1) is 21.3 Å². The summed E-state index contributed by atoms with van der Waals surface area (Å²) in [6.07, 6.45) is 2.29. The van der Waals surface area contributed by atoms with Crippen molar-refractivity contribution < 1.29 is 40.8 Å². The summed E-state index contributed by atoms with van der Waals surface area (Å²) >= 11 is 2.21. The van der Waals surface area contributed by atoms with E-state index < -0.39 is 32.7 Å². The zero-order chi connectivity index (χ0) is 21.5. The van der Waals surface area contributed by atoms with Crippen molar-refractivity contribution in [1.82, 2.24) is 0 Å². The average molecular weight is 555 g/mol.